The van der Waals surface area contributed by atoms with Crippen LogP contribution in [0.4, 0.5) is 5.69 Å². The van der Waals surface area contributed by atoms with E-state index in [4.69, 9.17) is 4.74 Å². The van der Waals surface area contributed by atoms with Crippen molar-refractivity contribution in [1.82, 2.24) is 0 Å². The first-order valence-corrected chi connectivity index (χ1v) is 8.94. The van der Waals surface area contributed by atoms with Gasteiger partial charge in [0.1, 0.15) is 11.6 Å². The van der Waals surface area contributed by atoms with Gasteiger partial charge in [0.2, 0.25) is 5.78 Å². The van der Waals surface area contributed by atoms with Crippen LogP contribution in [0.25, 0.3) is 6.08 Å². The Hall–Kier alpha value is -3.39. The molecule has 2 rings (SSSR count). The van der Waals surface area contributed by atoms with Crippen molar-refractivity contribution in [2.45, 2.75) is 26.9 Å². The van der Waals surface area contributed by atoms with Gasteiger partial charge in [0.25, 0.3) is 0 Å². The molecule has 0 spiro atoms. The number of nitriles is 1. The molecule has 0 N–H and O–H groups in total. The number of nitrogens with zero attached hydrogens (tertiary/aromatic N) is 2. The average Bonchev–Trinajstić information content (AvgIpc) is 2.67. The zero-order chi connectivity index (χ0) is 20.8. The second-order valence-electron chi connectivity index (χ2n) is 6.87. The lowest BCUT2D eigenvalue weighted by atomic mass is 10.0. The molecule has 0 saturated carbocycles. The lowest BCUT2D eigenvalue weighted by Crippen LogP contribution is -2.25. The van der Waals surface area contributed by atoms with E-state index in [1.165, 1.54) is 13.0 Å². The van der Waals surface area contributed by atoms with Gasteiger partial charge in [0, 0.05) is 25.3 Å². The predicted octanol–water partition coefficient (Wildman–Crippen LogP) is 4.09. The van der Waals surface area contributed by atoms with Crippen LogP contribution in [-0.2, 0) is 9.53 Å². The number of esters is 1. The number of rotatable bonds is 6. The number of ketones is 1. The molecule has 0 fully saturated rings. The SMILES string of the molecule is Cc1ccc(C(=O)C(C)OC(=O)C(C#N)=Cc2ccc(N(C)C)cc2)cc1C. The second kappa shape index (κ2) is 9.01. The average molecular weight is 376 g/mol. The van der Waals surface area contributed by atoms with Gasteiger partial charge in [0.15, 0.2) is 6.10 Å². The van der Waals surface area contributed by atoms with Crippen molar-refractivity contribution in [3.05, 3.63) is 70.3 Å². The van der Waals surface area contributed by atoms with Gasteiger partial charge >= 0.3 is 5.97 Å². The molecule has 1 unspecified atom stereocenters. The van der Waals surface area contributed by atoms with Crippen molar-refractivity contribution in [2.75, 3.05) is 19.0 Å². The van der Waals surface area contributed by atoms with Crippen LogP contribution in [0.3, 0.4) is 0 Å². The number of carbonyl (C=O) groups excluding carboxylic acids is 2. The van der Waals surface area contributed by atoms with Crippen LogP contribution in [0.15, 0.2) is 48.0 Å². The van der Waals surface area contributed by atoms with E-state index in [0.29, 0.717) is 11.1 Å². The molecule has 0 saturated heterocycles. The third kappa shape index (κ3) is 5.08. The van der Waals surface area contributed by atoms with Crippen molar-refractivity contribution >= 4 is 23.5 Å². The Balaban J connectivity index is 2.13. The first-order chi connectivity index (χ1) is 13.2. The number of ether oxygens (including phenoxy) is 1. The minimum atomic E-state index is -0.984. The molecule has 0 radical (unpaired) electrons. The topological polar surface area (TPSA) is 70.4 Å². The number of Topliss-reactive ketones (excluding diaryl/α,β-unsaturated/α-hetero) is 1. The fraction of sp³-hybridized carbons (Fsp3) is 0.261. The predicted molar refractivity (Wildman–Crippen MR) is 110 cm³/mol. The maximum atomic E-state index is 12.5. The first-order valence-electron chi connectivity index (χ1n) is 8.94. The van der Waals surface area contributed by atoms with Gasteiger partial charge < -0.3 is 9.64 Å². The van der Waals surface area contributed by atoms with E-state index < -0.39 is 12.1 Å². The Labute approximate surface area is 165 Å². The van der Waals surface area contributed by atoms with Crippen LogP contribution in [-0.4, -0.2) is 32.0 Å². The Morgan fingerprint density at radius 3 is 2.25 bits per heavy atom. The van der Waals surface area contributed by atoms with Crippen molar-refractivity contribution in [1.29, 1.82) is 5.26 Å². The summed E-state index contributed by atoms with van der Waals surface area (Å²) in [6.45, 7) is 5.39. The standard InChI is InChI=1S/C23H24N2O3/c1-15-6-9-19(12-16(15)2)22(26)17(3)28-23(27)20(14-24)13-18-7-10-21(11-8-18)25(4)5/h6-13,17H,1-5H3. The lowest BCUT2D eigenvalue weighted by molar-refractivity contribution is -0.141. The molecule has 0 aliphatic heterocycles. The Morgan fingerprint density at radius 1 is 1.07 bits per heavy atom. The van der Waals surface area contributed by atoms with Gasteiger partial charge in [-0.2, -0.15) is 5.26 Å². The minimum absolute atomic E-state index is 0.155. The molecule has 2 aromatic carbocycles. The highest BCUT2D eigenvalue weighted by atomic mass is 16.5. The normalized spacial score (nSPS) is 12.1. The van der Waals surface area contributed by atoms with E-state index >= 15 is 0 Å². The van der Waals surface area contributed by atoms with E-state index in [9.17, 15) is 14.9 Å². The van der Waals surface area contributed by atoms with E-state index in [2.05, 4.69) is 0 Å². The lowest BCUT2D eigenvalue weighted by Gasteiger charge is -2.13. The molecular formula is C23H24N2O3. The molecule has 0 aromatic heterocycles. The molecule has 28 heavy (non-hydrogen) atoms. The number of benzene rings is 2. The molecule has 0 heterocycles. The molecular weight excluding hydrogens is 352 g/mol. The fourth-order valence-corrected chi connectivity index (χ4v) is 2.58. The Bertz CT molecular complexity index is 951. The zero-order valence-corrected chi connectivity index (χ0v) is 16.8. The number of aryl methyl sites for hydroxylation is 2. The Kier molecular flexibility index (Phi) is 6.73. The maximum Gasteiger partial charge on any atom is 0.349 e. The van der Waals surface area contributed by atoms with Crippen molar-refractivity contribution in [3.8, 4) is 6.07 Å². The van der Waals surface area contributed by atoms with E-state index in [1.807, 2.05) is 69.2 Å². The summed E-state index contributed by atoms with van der Waals surface area (Å²) in [5.74, 6) is -1.12. The number of carbonyl (C=O) groups is 2. The molecule has 1 atom stereocenters. The third-order valence-electron chi connectivity index (χ3n) is 4.51. The van der Waals surface area contributed by atoms with Crippen LogP contribution in [0.1, 0.15) is 34.0 Å². The quantitative estimate of drug-likeness (QED) is 0.329. The fourth-order valence-electron chi connectivity index (χ4n) is 2.58. The Morgan fingerprint density at radius 2 is 1.71 bits per heavy atom. The van der Waals surface area contributed by atoms with E-state index in [0.717, 1.165) is 16.8 Å². The molecule has 0 aliphatic rings. The number of anilines is 1. The summed E-state index contributed by atoms with van der Waals surface area (Å²) < 4.78 is 5.24. The molecule has 5 heteroatoms. The highest BCUT2D eigenvalue weighted by molar-refractivity contribution is 6.03. The van der Waals surface area contributed by atoms with Gasteiger partial charge in [-0.3, -0.25) is 4.79 Å². The monoisotopic (exact) mass is 376 g/mol. The number of hydrogen-bond donors (Lipinski definition) is 0. The summed E-state index contributed by atoms with van der Waals surface area (Å²) in [4.78, 5) is 26.8. The summed E-state index contributed by atoms with van der Waals surface area (Å²) in [6.07, 6.45) is 0.470. The largest absolute Gasteiger partial charge is 0.450 e. The first kappa shape index (κ1) is 20.9. The smallest absolute Gasteiger partial charge is 0.349 e. The van der Waals surface area contributed by atoms with Gasteiger partial charge in [-0.25, -0.2) is 4.79 Å². The summed E-state index contributed by atoms with van der Waals surface area (Å²) in [6, 6.07) is 14.6. The van der Waals surface area contributed by atoms with Crippen LogP contribution in [0.2, 0.25) is 0 Å². The summed E-state index contributed by atoms with van der Waals surface area (Å²) in [5.41, 5.74) is 4.10. The molecule has 0 bridgehead atoms. The van der Waals surface area contributed by atoms with Crippen molar-refractivity contribution < 1.29 is 14.3 Å². The molecule has 0 aliphatic carbocycles. The van der Waals surface area contributed by atoms with Crippen molar-refractivity contribution in [3.63, 3.8) is 0 Å². The van der Waals surface area contributed by atoms with Crippen LogP contribution < -0.4 is 4.90 Å². The van der Waals surface area contributed by atoms with Crippen LogP contribution >= 0.6 is 0 Å². The van der Waals surface area contributed by atoms with Crippen molar-refractivity contribution in [2.24, 2.45) is 0 Å². The van der Waals surface area contributed by atoms with E-state index in [-0.39, 0.29) is 11.4 Å². The van der Waals surface area contributed by atoms with Gasteiger partial charge in [-0.1, -0.05) is 24.3 Å². The zero-order valence-electron chi connectivity index (χ0n) is 16.8. The van der Waals surface area contributed by atoms with Crippen LogP contribution in [0, 0.1) is 25.2 Å². The second-order valence-corrected chi connectivity index (χ2v) is 6.87. The maximum absolute atomic E-state index is 12.5. The number of hydrogen-bond acceptors (Lipinski definition) is 5. The van der Waals surface area contributed by atoms with Gasteiger partial charge in [-0.05, 0) is 61.7 Å². The molecule has 5 nitrogen and oxygen atoms in total. The van der Waals surface area contributed by atoms with Crippen LogP contribution in [0.5, 0.6) is 0 Å². The molecule has 0 amide bonds. The third-order valence-corrected chi connectivity index (χ3v) is 4.51. The molecule has 144 valence electrons. The van der Waals surface area contributed by atoms with Gasteiger partial charge in [-0.15, -0.1) is 0 Å². The van der Waals surface area contributed by atoms with E-state index in [1.54, 1.807) is 12.1 Å². The van der Waals surface area contributed by atoms with Gasteiger partial charge in [0.05, 0.1) is 0 Å². The highest BCUT2D eigenvalue weighted by Gasteiger charge is 2.22. The summed E-state index contributed by atoms with van der Waals surface area (Å²) >= 11 is 0. The summed E-state index contributed by atoms with van der Waals surface area (Å²) in [7, 11) is 3.85. The minimum Gasteiger partial charge on any atom is -0.450 e. The highest BCUT2D eigenvalue weighted by Crippen LogP contribution is 2.17. The molecule has 2 aromatic rings. The summed E-state index contributed by atoms with van der Waals surface area (Å²) in [5, 5.41) is 9.32.